The molecule has 2 aliphatic heterocycles. The van der Waals surface area contributed by atoms with E-state index < -0.39 is 6.10 Å². The second-order valence-corrected chi connectivity index (χ2v) is 5.80. The Bertz CT molecular complexity index is 465. The van der Waals surface area contributed by atoms with Gasteiger partial charge in [0.15, 0.2) is 0 Å². The molecule has 1 aromatic carbocycles. The van der Waals surface area contributed by atoms with Gasteiger partial charge >= 0.3 is 0 Å². The lowest BCUT2D eigenvalue weighted by molar-refractivity contribution is -0.124. The Balaban J connectivity index is 2.08. The smallest absolute Gasteiger partial charge is 0.103 e. The molecule has 98 valence electrons. The Morgan fingerprint density at radius 2 is 2.33 bits per heavy atom. The van der Waals surface area contributed by atoms with E-state index in [0.29, 0.717) is 17.7 Å². The molecule has 0 aromatic heterocycles. The van der Waals surface area contributed by atoms with Gasteiger partial charge in [0, 0.05) is 11.1 Å². The van der Waals surface area contributed by atoms with Crippen LogP contribution in [0, 0.1) is 0 Å². The maximum atomic E-state index is 10.0. The molecule has 2 heterocycles. The van der Waals surface area contributed by atoms with Gasteiger partial charge in [0.05, 0.1) is 12.2 Å². The highest BCUT2D eigenvalue weighted by atomic mass is 35.5. The zero-order valence-corrected chi connectivity index (χ0v) is 11.2. The normalized spacial score (nSPS) is 35.5. The van der Waals surface area contributed by atoms with Gasteiger partial charge < -0.3 is 15.2 Å². The van der Waals surface area contributed by atoms with Crippen molar-refractivity contribution in [3.63, 3.8) is 0 Å². The van der Waals surface area contributed by atoms with E-state index in [1.54, 1.807) is 0 Å². The van der Waals surface area contributed by atoms with Crippen LogP contribution in [0.1, 0.15) is 37.0 Å². The Morgan fingerprint density at radius 1 is 1.50 bits per heavy atom. The van der Waals surface area contributed by atoms with Crippen molar-refractivity contribution in [3.05, 3.63) is 34.3 Å². The fraction of sp³-hybridized carbons (Fsp3) is 0.571. The first-order chi connectivity index (χ1) is 8.61. The van der Waals surface area contributed by atoms with Crippen molar-refractivity contribution in [2.75, 3.05) is 13.2 Å². The van der Waals surface area contributed by atoms with Crippen LogP contribution in [0.25, 0.3) is 0 Å². The molecule has 0 aliphatic carbocycles. The lowest BCUT2D eigenvalue weighted by Crippen LogP contribution is -2.49. The zero-order chi connectivity index (χ0) is 12.8. The summed E-state index contributed by atoms with van der Waals surface area (Å²) < 4.78 is 6.02. The number of hydrogen-bond acceptors (Lipinski definition) is 3. The highest BCUT2D eigenvalue weighted by molar-refractivity contribution is 6.30. The molecule has 0 saturated carbocycles. The van der Waals surface area contributed by atoms with Crippen LogP contribution >= 0.6 is 11.6 Å². The van der Waals surface area contributed by atoms with Gasteiger partial charge in [-0.05, 0) is 49.6 Å². The van der Waals surface area contributed by atoms with Gasteiger partial charge in [-0.3, -0.25) is 0 Å². The monoisotopic (exact) mass is 267 g/mol. The van der Waals surface area contributed by atoms with Crippen molar-refractivity contribution in [2.45, 2.75) is 37.5 Å². The van der Waals surface area contributed by atoms with Crippen molar-refractivity contribution in [1.82, 2.24) is 5.32 Å². The highest BCUT2D eigenvalue weighted by Crippen LogP contribution is 2.44. The molecule has 4 heteroatoms. The Morgan fingerprint density at radius 3 is 3.11 bits per heavy atom. The molecule has 0 radical (unpaired) electrons. The molecule has 1 saturated heterocycles. The second kappa shape index (κ2) is 4.49. The van der Waals surface area contributed by atoms with Crippen LogP contribution in [0.15, 0.2) is 18.2 Å². The number of aliphatic hydroxyl groups is 1. The minimum atomic E-state index is -0.534. The van der Waals surface area contributed by atoms with E-state index in [1.807, 2.05) is 18.2 Å². The second-order valence-electron chi connectivity index (χ2n) is 5.36. The minimum absolute atomic E-state index is 0.274. The van der Waals surface area contributed by atoms with Crippen LogP contribution in [0.3, 0.4) is 0 Å². The maximum Gasteiger partial charge on any atom is 0.103 e. The number of fused-ring (bicyclic) bond motifs is 2. The highest BCUT2D eigenvalue weighted by Gasteiger charge is 2.43. The Labute approximate surface area is 112 Å². The topological polar surface area (TPSA) is 41.5 Å². The molecule has 0 bridgehead atoms. The van der Waals surface area contributed by atoms with Gasteiger partial charge in [-0.25, -0.2) is 0 Å². The summed E-state index contributed by atoms with van der Waals surface area (Å²) in [5.41, 5.74) is 1.77. The summed E-state index contributed by atoms with van der Waals surface area (Å²) in [6, 6.07) is 6.14. The molecule has 2 aliphatic rings. The molecule has 2 N–H and O–H groups in total. The summed E-state index contributed by atoms with van der Waals surface area (Å²) in [6.45, 7) is 3.48. The third-order valence-corrected chi connectivity index (χ3v) is 4.28. The van der Waals surface area contributed by atoms with Gasteiger partial charge in [0.25, 0.3) is 0 Å². The van der Waals surface area contributed by atoms with Gasteiger partial charge in [0.1, 0.15) is 6.10 Å². The van der Waals surface area contributed by atoms with Crippen LogP contribution in [0.2, 0.25) is 5.02 Å². The maximum absolute atomic E-state index is 10.0. The first kappa shape index (κ1) is 12.4. The number of piperidine rings is 1. The first-order valence-corrected chi connectivity index (χ1v) is 6.84. The first-order valence-electron chi connectivity index (χ1n) is 6.46. The minimum Gasteiger partial charge on any atom is -0.386 e. The Hall–Kier alpha value is -0.610. The Kier molecular flexibility index (Phi) is 3.10. The third kappa shape index (κ3) is 1.95. The van der Waals surface area contributed by atoms with Crippen molar-refractivity contribution in [3.8, 4) is 0 Å². The van der Waals surface area contributed by atoms with E-state index in [-0.39, 0.29) is 5.60 Å². The molecule has 1 fully saturated rings. The van der Waals surface area contributed by atoms with Gasteiger partial charge in [-0.15, -0.1) is 0 Å². The molecule has 0 amide bonds. The molecular formula is C14H18ClNO2. The quantitative estimate of drug-likeness (QED) is 0.758. The number of benzene rings is 1. The number of nitrogens with one attached hydrogen (secondary N) is 1. The predicted octanol–water partition coefficient (Wildman–Crippen LogP) is 2.37. The predicted molar refractivity (Wildman–Crippen MR) is 70.7 cm³/mol. The summed E-state index contributed by atoms with van der Waals surface area (Å²) in [5.74, 6) is 0. The van der Waals surface area contributed by atoms with Crippen LogP contribution in [0.5, 0.6) is 0 Å². The fourth-order valence-electron chi connectivity index (χ4n) is 3.18. The van der Waals surface area contributed by atoms with Crippen LogP contribution in [-0.2, 0) is 10.3 Å². The summed E-state index contributed by atoms with van der Waals surface area (Å²) in [7, 11) is 0. The lowest BCUT2D eigenvalue weighted by atomic mass is 9.77. The molecule has 1 spiro atoms. The number of rotatable bonds is 0. The summed E-state index contributed by atoms with van der Waals surface area (Å²) >= 11 is 6.11. The zero-order valence-electron chi connectivity index (χ0n) is 10.4. The SMILES string of the molecule is C[C@H]1C[C@@]2(CCN1)OCC(O)c1ccc(Cl)cc12. The van der Waals surface area contributed by atoms with E-state index in [1.165, 1.54) is 0 Å². The van der Waals surface area contributed by atoms with Crippen molar-refractivity contribution in [1.29, 1.82) is 0 Å². The number of halogens is 1. The largest absolute Gasteiger partial charge is 0.386 e. The summed E-state index contributed by atoms with van der Waals surface area (Å²) in [5, 5.41) is 14.2. The fourth-order valence-corrected chi connectivity index (χ4v) is 3.36. The van der Waals surface area contributed by atoms with Crippen molar-refractivity contribution in [2.24, 2.45) is 0 Å². The number of hydrogen-bond donors (Lipinski definition) is 2. The van der Waals surface area contributed by atoms with Crippen molar-refractivity contribution < 1.29 is 9.84 Å². The average Bonchev–Trinajstić information content (AvgIpc) is 2.35. The van der Waals surface area contributed by atoms with Crippen LogP contribution in [0.4, 0.5) is 0 Å². The average molecular weight is 268 g/mol. The van der Waals surface area contributed by atoms with Gasteiger partial charge in [-0.1, -0.05) is 17.7 Å². The van der Waals surface area contributed by atoms with Crippen LogP contribution in [-0.4, -0.2) is 24.3 Å². The third-order valence-electron chi connectivity index (χ3n) is 4.04. The van der Waals surface area contributed by atoms with E-state index in [2.05, 4.69) is 12.2 Å². The van der Waals surface area contributed by atoms with Gasteiger partial charge in [-0.2, -0.15) is 0 Å². The molecule has 1 unspecified atom stereocenters. The lowest BCUT2D eigenvalue weighted by Gasteiger charge is -2.45. The van der Waals surface area contributed by atoms with E-state index in [9.17, 15) is 5.11 Å². The van der Waals surface area contributed by atoms with Crippen molar-refractivity contribution >= 4 is 11.6 Å². The molecule has 18 heavy (non-hydrogen) atoms. The number of ether oxygens (including phenoxy) is 1. The van der Waals surface area contributed by atoms with E-state index >= 15 is 0 Å². The molecule has 3 rings (SSSR count). The molecule has 3 atom stereocenters. The van der Waals surface area contributed by atoms with E-state index in [4.69, 9.17) is 16.3 Å². The summed E-state index contributed by atoms with van der Waals surface area (Å²) in [4.78, 5) is 0. The summed E-state index contributed by atoms with van der Waals surface area (Å²) in [6.07, 6.45) is 1.32. The van der Waals surface area contributed by atoms with E-state index in [0.717, 1.165) is 30.5 Å². The van der Waals surface area contributed by atoms with Gasteiger partial charge in [0.2, 0.25) is 0 Å². The molecule has 3 nitrogen and oxygen atoms in total. The molecular weight excluding hydrogens is 250 g/mol. The standard InChI is InChI=1S/C14H18ClNO2/c1-9-7-14(4-5-16-9)12-6-10(15)2-3-11(12)13(17)8-18-14/h2-3,6,9,13,16-17H,4-5,7-8H2,1H3/t9-,13?,14+/m0/s1. The molecule has 1 aromatic rings. The van der Waals surface area contributed by atoms with Crippen LogP contribution < -0.4 is 5.32 Å². The number of aliphatic hydroxyl groups excluding tert-OH is 1.